The minimum absolute atomic E-state index is 0.0483. The van der Waals surface area contributed by atoms with Crippen LogP contribution in [0.1, 0.15) is 37.8 Å². The smallest absolute Gasteiger partial charge is 0.305 e. The molecule has 1 aliphatic carbocycles. The SMILES string of the molecule is CC1(C)C(=O)N(c2ccc(C3(C(F)(F)F)CC3)cc2)C(=O)N1Cc1ccnc(Cl)c1. The van der Waals surface area contributed by atoms with Crippen molar-refractivity contribution in [2.75, 3.05) is 4.90 Å². The normalized spacial score (nSPS) is 20.1. The summed E-state index contributed by atoms with van der Waals surface area (Å²) in [5, 5.41) is 0.273. The van der Waals surface area contributed by atoms with E-state index in [-0.39, 0.29) is 35.8 Å². The monoisotopic (exact) mass is 437 g/mol. The van der Waals surface area contributed by atoms with Gasteiger partial charge in [-0.05, 0) is 62.1 Å². The number of aromatic nitrogens is 1. The Morgan fingerprint density at radius 3 is 2.27 bits per heavy atom. The number of pyridine rings is 1. The lowest BCUT2D eigenvalue weighted by atomic mass is 9.95. The topological polar surface area (TPSA) is 53.5 Å². The van der Waals surface area contributed by atoms with Gasteiger partial charge in [0, 0.05) is 12.7 Å². The molecule has 30 heavy (non-hydrogen) atoms. The van der Waals surface area contributed by atoms with Gasteiger partial charge < -0.3 is 4.90 Å². The molecule has 1 aromatic carbocycles. The summed E-state index contributed by atoms with van der Waals surface area (Å²) < 4.78 is 40.1. The van der Waals surface area contributed by atoms with Crippen LogP contribution in [-0.2, 0) is 16.8 Å². The van der Waals surface area contributed by atoms with E-state index in [0.29, 0.717) is 5.56 Å². The highest BCUT2D eigenvalue weighted by atomic mass is 35.5. The van der Waals surface area contributed by atoms with Crippen LogP contribution >= 0.6 is 11.6 Å². The highest BCUT2D eigenvalue weighted by Crippen LogP contribution is 2.59. The zero-order chi connectivity index (χ0) is 21.9. The number of anilines is 1. The molecule has 1 saturated carbocycles. The van der Waals surface area contributed by atoms with Crippen molar-refractivity contribution in [3.63, 3.8) is 0 Å². The molecule has 2 aromatic rings. The van der Waals surface area contributed by atoms with Crippen LogP contribution < -0.4 is 4.90 Å². The largest absolute Gasteiger partial charge is 0.398 e. The van der Waals surface area contributed by atoms with E-state index in [2.05, 4.69) is 4.98 Å². The van der Waals surface area contributed by atoms with E-state index in [4.69, 9.17) is 11.6 Å². The highest BCUT2D eigenvalue weighted by Gasteiger charge is 2.64. The Labute approximate surface area is 176 Å². The van der Waals surface area contributed by atoms with Crippen molar-refractivity contribution >= 4 is 29.2 Å². The van der Waals surface area contributed by atoms with Gasteiger partial charge >= 0.3 is 12.2 Å². The maximum absolute atomic E-state index is 13.4. The fourth-order valence-electron chi connectivity index (χ4n) is 3.84. The van der Waals surface area contributed by atoms with Gasteiger partial charge in [0.2, 0.25) is 0 Å². The highest BCUT2D eigenvalue weighted by molar-refractivity contribution is 6.29. The molecule has 0 atom stereocenters. The minimum atomic E-state index is -4.32. The number of alkyl halides is 3. The van der Waals surface area contributed by atoms with Gasteiger partial charge in [0.1, 0.15) is 10.7 Å². The van der Waals surface area contributed by atoms with E-state index in [1.165, 1.54) is 35.4 Å². The number of hydrogen-bond donors (Lipinski definition) is 0. The van der Waals surface area contributed by atoms with Crippen LogP contribution in [0.4, 0.5) is 23.7 Å². The number of rotatable bonds is 4. The third-order valence-electron chi connectivity index (χ3n) is 5.93. The number of carbonyl (C=O) groups is 2. The Bertz CT molecular complexity index is 1020. The Balaban J connectivity index is 1.62. The number of hydrogen-bond acceptors (Lipinski definition) is 3. The van der Waals surface area contributed by atoms with Crippen molar-refractivity contribution in [1.82, 2.24) is 9.88 Å². The van der Waals surface area contributed by atoms with E-state index >= 15 is 0 Å². The molecule has 2 aliphatic rings. The molecule has 0 radical (unpaired) electrons. The van der Waals surface area contributed by atoms with Crippen LogP contribution in [0.3, 0.4) is 0 Å². The van der Waals surface area contributed by atoms with Gasteiger partial charge in [0.05, 0.1) is 11.1 Å². The predicted octanol–water partition coefficient (Wildman–Crippen LogP) is 5.08. The molecule has 2 heterocycles. The summed E-state index contributed by atoms with van der Waals surface area (Å²) in [5.41, 5.74) is -1.83. The van der Waals surface area contributed by atoms with Gasteiger partial charge in [0.25, 0.3) is 5.91 Å². The molecule has 158 valence electrons. The average molecular weight is 438 g/mol. The number of imide groups is 1. The van der Waals surface area contributed by atoms with E-state index in [1.54, 1.807) is 26.0 Å². The van der Waals surface area contributed by atoms with Crippen LogP contribution in [-0.4, -0.2) is 33.5 Å². The first-order valence-electron chi connectivity index (χ1n) is 9.41. The number of nitrogens with zero attached hydrogens (tertiary/aromatic N) is 3. The molecule has 0 spiro atoms. The van der Waals surface area contributed by atoms with Gasteiger partial charge in [-0.1, -0.05) is 23.7 Å². The number of carbonyl (C=O) groups excluding carboxylic acids is 2. The van der Waals surface area contributed by atoms with Crippen molar-refractivity contribution in [1.29, 1.82) is 0 Å². The molecule has 1 saturated heterocycles. The maximum atomic E-state index is 13.4. The molecule has 0 unspecified atom stereocenters. The minimum Gasteiger partial charge on any atom is -0.305 e. The van der Waals surface area contributed by atoms with Crippen LogP contribution in [0.2, 0.25) is 5.15 Å². The Hall–Kier alpha value is -2.61. The van der Waals surface area contributed by atoms with Gasteiger partial charge in [-0.25, -0.2) is 14.7 Å². The fourth-order valence-corrected chi connectivity index (χ4v) is 4.04. The lowest BCUT2D eigenvalue weighted by Crippen LogP contribution is -2.43. The second-order valence-electron chi connectivity index (χ2n) is 8.18. The molecule has 1 aromatic heterocycles. The number of halogens is 4. The predicted molar refractivity (Wildman–Crippen MR) is 105 cm³/mol. The number of benzene rings is 1. The lowest BCUT2D eigenvalue weighted by molar-refractivity contribution is -0.160. The second-order valence-corrected chi connectivity index (χ2v) is 8.57. The summed E-state index contributed by atoms with van der Waals surface area (Å²) in [5.74, 6) is -0.447. The molecule has 4 rings (SSSR count). The Morgan fingerprint density at radius 2 is 1.73 bits per heavy atom. The molecule has 3 amide bonds. The van der Waals surface area contributed by atoms with E-state index < -0.39 is 29.1 Å². The zero-order valence-electron chi connectivity index (χ0n) is 16.3. The molecule has 0 bridgehead atoms. The van der Waals surface area contributed by atoms with E-state index in [0.717, 1.165) is 4.90 Å². The molecule has 0 N–H and O–H groups in total. The van der Waals surface area contributed by atoms with Gasteiger partial charge in [-0.15, -0.1) is 0 Å². The summed E-state index contributed by atoms with van der Waals surface area (Å²) >= 11 is 5.91. The van der Waals surface area contributed by atoms with E-state index in [1.807, 2.05) is 0 Å². The first-order chi connectivity index (χ1) is 14.0. The molecule has 9 heteroatoms. The average Bonchev–Trinajstić information content (AvgIpc) is 3.46. The van der Waals surface area contributed by atoms with Crippen LogP contribution in [0.15, 0.2) is 42.6 Å². The van der Waals surface area contributed by atoms with Crippen molar-refractivity contribution in [2.45, 2.75) is 50.4 Å². The molecule has 5 nitrogen and oxygen atoms in total. The summed E-state index contributed by atoms with van der Waals surface area (Å²) in [4.78, 5) is 32.4. The van der Waals surface area contributed by atoms with Crippen molar-refractivity contribution in [3.05, 3.63) is 58.9 Å². The summed E-state index contributed by atoms with van der Waals surface area (Å²) in [6.45, 7) is 3.41. The van der Waals surface area contributed by atoms with Gasteiger partial charge in [-0.3, -0.25) is 4.79 Å². The molecular weight excluding hydrogens is 419 g/mol. The summed E-state index contributed by atoms with van der Waals surface area (Å²) in [7, 11) is 0. The number of urea groups is 1. The van der Waals surface area contributed by atoms with Crippen LogP contribution in [0.25, 0.3) is 0 Å². The fraction of sp³-hybridized carbons (Fsp3) is 0.381. The van der Waals surface area contributed by atoms with Crippen LogP contribution in [0.5, 0.6) is 0 Å². The van der Waals surface area contributed by atoms with Crippen molar-refractivity contribution < 1.29 is 22.8 Å². The second kappa shape index (κ2) is 6.70. The number of amides is 3. The summed E-state index contributed by atoms with van der Waals surface area (Å²) in [6.07, 6.45) is -2.71. The Morgan fingerprint density at radius 1 is 1.10 bits per heavy atom. The van der Waals surface area contributed by atoms with E-state index in [9.17, 15) is 22.8 Å². The van der Waals surface area contributed by atoms with Crippen molar-refractivity contribution in [3.8, 4) is 0 Å². The standard InChI is InChI=1S/C21H19ClF3N3O2/c1-19(2)17(29)28(18(30)27(19)12-13-7-10-26-16(22)11-13)15-5-3-14(4-6-15)20(8-9-20)21(23,24)25/h3-7,10-11H,8-9,12H2,1-2H3. The first kappa shape index (κ1) is 20.7. The molecule has 1 aliphatic heterocycles. The van der Waals surface area contributed by atoms with Gasteiger partial charge in [-0.2, -0.15) is 13.2 Å². The first-order valence-corrected chi connectivity index (χ1v) is 9.79. The Kier molecular flexibility index (Phi) is 4.61. The van der Waals surface area contributed by atoms with Gasteiger partial charge in [0.15, 0.2) is 0 Å². The third-order valence-corrected chi connectivity index (χ3v) is 6.13. The summed E-state index contributed by atoms with van der Waals surface area (Å²) in [6, 6.07) is 8.29. The lowest BCUT2D eigenvalue weighted by Gasteiger charge is -2.27. The molecule has 2 fully saturated rings. The quantitative estimate of drug-likeness (QED) is 0.495. The third kappa shape index (κ3) is 3.14. The molecular formula is C21H19ClF3N3O2. The zero-order valence-corrected chi connectivity index (χ0v) is 17.1. The van der Waals surface area contributed by atoms with Crippen LogP contribution in [0, 0.1) is 0 Å². The van der Waals surface area contributed by atoms with Crippen molar-refractivity contribution in [2.24, 2.45) is 0 Å². The maximum Gasteiger partial charge on any atom is 0.398 e.